The average Bonchev–Trinajstić information content (AvgIpc) is 3.39. The van der Waals surface area contributed by atoms with Crippen LogP contribution >= 0.6 is 0 Å². The van der Waals surface area contributed by atoms with Gasteiger partial charge in [0.05, 0.1) is 18.7 Å². The van der Waals surface area contributed by atoms with Gasteiger partial charge in [-0.3, -0.25) is 9.59 Å². The second-order valence-electron chi connectivity index (χ2n) is 10.1. The summed E-state index contributed by atoms with van der Waals surface area (Å²) in [6.45, 7) is 5.52. The Kier molecular flexibility index (Phi) is 8.84. The Hall–Kier alpha value is -4.07. The van der Waals surface area contributed by atoms with E-state index >= 15 is 0 Å². The van der Waals surface area contributed by atoms with E-state index < -0.39 is 5.97 Å². The first-order valence-corrected chi connectivity index (χ1v) is 12.9. The second-order valence-corrected chi connectivity index (χ2v) is 10.1. The number of fused-ring (bicyclic) bond motifs is 1. The predicted octanol–water partition coefficient (Wildman–Crippen LogP) is 5.70. The third-order valence-corrected chi connectivity index (χ3v) is 6.44. The highest BCUT2D eigenvalue weighted by molar-refractivity contribution is 5.80. The van der Waals surface area contributed by atoms with Crippen LogP contribution in [-0.4, -0.2) is 41.9 Å². The summed E-state index contributed by atoms with van der Waals surface area (Å²) in [4.78, 5) is 27.0. The van der Waals surface area contributed by atoms with Crippen LogP contribution in [0, 0.1) is 5.41 Å². The molecule has 1 aromatic heterocycles. The highest BCUT2D eigenvalue weighted by Crippen LogP contribution is 2.36. The number of carboxylic acids is 1. The molecule has 8 nitrogen and oxygen atoms in total. The van der Waals surface area contributed by atoms with Gasteiger partial charge in [0.1, 0.15) is 0 Å². The molecule has 0 unspecified atom stereocenters. The third kappa shape index (κ3) is 7.71. The Labute approximate surface area is 223 Å². The number of unbranched alkanes of at least 4 members (excludes halogenated alkanes) is 1. The quantitative estimate of drug-likeness (QED) is 0.280. The van der Waals surface area contributed by atoms with Gasteiger partial charge in [-0.25, -0.2) is 4.98 Å². The van der Waals surface area contributed by atoms with Crippen molar-refractivity contribution in [2.24, 2.45) is 5.41 Å². The van der Waals surface area contributed by atoms with Gasteiger partial charge in [0, 0.05) is 24.6 Å². The molecule has 8 heteroatoms. The first-order chi connectivity index (χ1) is 18.3. The summed E-state index contributed by atoms with van der Waals surface area (Å²) in [6, 6.07) is 20.0. The molecule has 0 fully saturated rings. The third-order valence-electron chi connectivity index (χ3n) is 6.44. The largest absolute Gasteiger partial charge is 0.481 e. The number of nitrogens with zero attached hydrogens (tertiary/aromatic N) is 1. The number of carbonyl (C=O) groups is 2. The first-order valence-electron chi connectivity index (χ1n) is 12.9. The molecule has 4 rings (SSSR count). The first kappa shape index (κ1) is 27.0. The lowest BCUT2D eigenvalue weighted by molar-refractivity contribution is -0.138. The maximum absolute atomic E-state index is 11.8. The lowest BCUT2D eigenvalue weighted by Gasteiger charge is -2.25. The summed E-state index contributed by atoms with van der Waals surface area (Å²) in [5.74, 6) is 0.939. The molecule has 1 aliphatic heterocycles. The molecule has 0 saturated carbocycles. The van der Waals surface area contributed by atoms with Crippen LogP contribution in [0.3, 0.4) is 0 Å². The van der Waals surface area contributed by atoms with E-state index in [1.807, 2.05) is 36.4 Å². The van der Waals surface area contributed by atoms with Crippen molar-refractivity contribution in [2.75, 3.05) is 19.9 Å². The van der Waals surface area contributed by atoms with Crippen LogP contribution in [0.15, 0.2) is 60.7 Å². The summed E-state index contributed by atoms with van der Waals surface area (Å²) < 4.78 is 16.8. The molecule has 2 heterocycles. The highest BCUT2D eigenvalue weighted by atomic mass is 16.7. The van der Waals surface area contributed by atoms with E-state index in [0.717, 1.165) is 53.1 Å². The summed E-state index contributed by atoms with van der Waals surface area (Å²) >= 11 is 0. The van der Waals surface area contributed by atoms with Crippen LogP contribution in [0.4, 0.5) is 0 Å². The van der Waals surface area contributed by atoms with Crippen LogP contribution < -0.4 is 19.5 Å². The minimum Gasteiger partial charge on any atom is -0.481 e. The van der Waals surface area contributed by atoms with E-state index in [0.29, 0.717) is 19.0 Å². The van der Waals surface area contributed by atoms with Gasteiger partial charge in [0.15, 0.2) is 11.5 Å². The van der Waals surface area contributed by atoms with Crippen molar-refractivity contribution in [2.45, 2.75) is 46.0 Å². The Balaban J connectivity index is 1.22. The predicted molar refractivity (Wildman–Crippen MR) is 144 cm³/mol. The minimum atomic E-state index is -0.963. The summed E-state index contributed by atoms with van der Waals surface area (Å²) in [5, 5.41) is 11.5. The summed E-state index contributed by atoms with van der Waals surface area (Å²) in [6.07, 6.45) is 2.59. The van der Waals surface area contributed by atoms with E-state index in [1.54, 1.807) is 0 Å². The fraction of sp³-hybridized carbons (Fsp3) is 0.367. The van der Waals surface area contributed by atoms with Gasteiger partial charge >= 0.3 is 5.97 Å². The zero-order valence-corrected chi connectivity index (χ0v) is 21.9. The smallest absolute Gasteiger partial charge is 0.303 e. The number of nitrogens with one attached hydrogen (secondary N) is 1. The number of benzene rings is 2. The maximum Gasteiger partial charge on any atom is 0.303 e. The van der Waals surface area contributed by atoms with Crippen molar-refractivity contribution >= 4 is 11.9 Å². The van der Waals surface area contributed by atoms with Crippen molar-refractivity contribution in [3.63, 3.8) is 0 Å². The van der Waals surface area contributed by atoms with E-state index in [9.17, 15) is 9.59 Å². The van der Waals surface area contributed by atoms with Gasteiger partial charge in [-0.05, 0) is 54.0 Å². The number of aliphatic carboxylic acids is 1. The number of ether oxygens (including phenoxy) is 3. The zero-order chi connectivity index (χ0) is 27.0. The molecular formula is C30H34N2O6. The molecule has 0 bridgehead atoms. The normalized spacial score (nSPS) is 12.3. The summed E-state index contributed by atoms with van der Waals surface area (Å²) in [7, 11) is 0. The molecule has 3 aromatic rings. The molecule has 0 aliphatic carbocycles. The Morgan fingerprint density at radius 3 is 2.47 bits per heavy atom. The van der Waals surface area contributed by atoms with Crippen LogP contribution in [0.1, 0.15) is 46.0 Å². The molecule has 0 spiro atoms. The minimum absolute atomic E-state index is 0.00928. The fourth-order valence-corrected chi connectivity index (χ4v) is 4.18. The number of hydrogen-bond acceptors (Lipinski definition) is 6. The van der Waals surface area contributed by atoms with E-state index in [-0.39, 0.29) is 31.0 Å². The monoisotopic (exact) mass is 518 g/mol. The van der Waals surface area contributed by atoms with E-state index in [4.69, 9.17) is 19.3 Å². The van der Waals surface area contributed by atoms with Gasteiger partial charge in [-0.2, -0.15) is 0 Å². The Bertz CT molecular complexity index is 1260. The van der Waals surface area contributed by atoms with Crippen molar-refractivity contribution in [3.05, 3.63) is 60.7 Å². The number of hydrogen-bond donors (Lipinski definition) is 2. The Morgan fingerprint density at radius 2 is 1.68 bits per heavy atom. The Morgan fingerprint density at radius 1 is 0.947 bits per heavy atom. The highest BCUT2D eigenvalue weighted by Gasteiger charge is 2.19. The van der Waals surface area contributed by atoms with Gasteiger partial charge < -0.3 is 24.6 Å². The molecule has 1 amide bonds. The molecule has 1 aliphatic rings. The molecule has 2 aromatic carbocycles. The SMILES string of the molecule is CC(C)(CCCCOc1cccc(-c2ccc(-c3ccc4c(c3)OCO4)cc2)n1)CNC(=O)CCC(=O)O. The van der Waals surface area contributed by atoms with Gasteiger partial charge in [-0.1, -0.05) is 50.2 Å². The fourth-order valence-electron chi connectivity index (χ4n) is 4.18. The lowest BCUT2D eigenvalue weighted by atomic mass is 9.87. The summed E-state index contributed by atoms with van der Waals surface area (Å²) in [5.41, 5.74) is 3.92. The molecule has 38 heavy (non-hydrogen) atoms. The standard InChI is InChI=1S/C30H34N2O6/c1-30(2,19-31-27(33)14-15-29(34)35)16-3-4-17-36-28-7-5-6-24(32-28)22-10-8-21(9-11-22)23-12-13-25-26(18-23)38-20-37-25/h5-13,18H,3-4,14-17,19-20H2,1-2H3,(H,31,33)(H,34,35). The molecule has 200 valence electrons. The number of carboxylic acid groups (broad SMARTS) is 1. The molecular weight excluding hydrogens is 484 g/mol. The molecule has 0 radical (unpaired) electrons. The van der Waals surface area contributed by atoms with Crippen LogP contribution in [0.2, 0.25) is 0 Å². The van der Waals surface area contributed by atoms with Crippen molar-refractivity contribution in [1.29, 1.82) is 0 Å². The van der Waals surface area contributed by atoms with Gasteiger partial charge in [0.25, 0.3) is 0 Å². The van der Waals surface area contributed by atoms with E-state index in [1.165, 1.54) is 0 Å². The maximum atomic E-state index is 11.8. The number of carbonyl (C=O) groups excluding carboxylic acids is 1. The number of pyridine rings is 1. The average molecular weight is 519 g/mol. The topological polar surface area (TPSA) is 107 Å². The van der Waals surface area contributed by atoms with Gasteiger partial charge in [-0.15, -0.1) is 0 Å². The van der Waals surface area contributed by atoms with Crippen molar-refractivity contribution in [3.8, 4) is 39.8 Å². The lowest BCUT2D eigenvalue weighted by Crippen LogP contribution is -2.34. The molecule has 0 atom stereocenters. The zero-order valence-electron chi connectivity index (χ0n) is 21.9. The number of rotatable bonds is 13. The van der Waals surface area contributed by atoms with Crippen LogP contribution in [0.25, 0.3) is 22.4 Å². The number of aromatic nitrogens is 1. The van der Waals surface area contributed by atoms with Crippen LogP contribution in [0.5, 0.6) is 17.4 Å². The van der Waals surface area contributed by atoms with Crippen LogP contribution in [-0.2, 0) is 9.59 Å². The van der Waals surface area contributed by atoms with Crippen molar-refractivity contribution in [1.82, 2.24) is 10.3 Å². The van der Waals surface area contributed by atoms with E-state index in [2.05, 4.69) is 48.4 Å². The second kappa shape index (κ2) is 12.4. The van der Waals surface area contributed by atoms with Crippen molar-refractivity contribution < 1.29 is 28.9 Å². The van der Waals surface area contributed by atoms with Gasteiger partial charge in [0.2, 0.25) is 18.6 Å². The molecule has 0 saturated heterocycles. The molecule has 2 N–H and O–H groups in total. The number of amides is 1.